The zero-order valence-corrected chi connectivity index (χ0v) is 17.9. The first kappa shape index (κ1) is 22.6. The van der Waals surface area contributed by atoms with E-state index >= 15 is 0 Å². The van der Waals surface area contributed by atoms with Gasteiger partial charge in [0.15, 0.2) is 5.96 Å². The maximum atomic E-state index is 13.9. The molecule has 0 aromatic heterocycles. The molecule has 2 N–H and O–H groups in total. The normalized spacial score (nSPS) is 15.8. The van der Waals surface area contributed by atoms with Crippen molar-refractivity contribution in [1.82, 2.24) is 15.5 Å². The van der Waals surface area contributed by atoms with Crippen LogP contribution in [0.25, 0.3) is 0 Å². The lowest BCUT2D eigenvalue weighted by Crippen LogP contribution is -2.39. The average Bonchev–Trinajstić information content (AvgIpc) is 2.63. The molecule has 144 valence electrons. The molecule has 5 nitrogen and oxygen atoms in total. The van der Waals surface area contributed by atoms with E-state index in [0.29, 0.717) is 23.6 Å². The van der Waals surface area contributed by atoms with Crippen molar-refractivity contribution in [3.63, 3.8) is 0 Å². The van der Waals surface area contributed by atoms with Crippen molar-refractivity contribution in [1.29, 1.82) is 5.26 Å². The average molecular weight is 473 g/mol. The van der Waals surface area contributed by atoms with Gasteiger partial charge in [-0.25, -0.2) is 4.39 Å². The summed E-state index contributed by atoms with van der Waals surface area (Å²) in [7, 11) is 1.70. The molecule has 0 spiro atoms. The van der Waals surface area contributed by atoms with Crippen LogP contribution < -0.4 is 10.6 Å². The molecule has 0 saturated carbocycles. The van der Waals surface area contributed by atoms with Crippen molar-refractivity contribution >= 4 is 29.9 Å². The van der Waals surface area contributed by atoms with E-state index in [4.69, 9.17) is 5.26 Å². The predicted molar refractivity (Wildman–Crippen MR) is 114 cm³/mol. The number of hydrogen-bond donors (Lipinski definition) is 2. The Morgan fingerprint density at radius 2 is 2.08 bits per heavy atom. The van der Waals surface area contributed by atoms with Crippen molar-refractivity contribution in [3.8, 4) is 6.07 Å². The van der Waals surface area contributed by atoms with Crippen LogP contribution in [-0.4, -0.2) is 44.1 Å². The summed E-state index contributed by atoms with van der Waals surface area (Å²) >= 11 is 0. The first-order valence-electron chi connectivity index (χ1n) is 8.97. The molecule has 1 aliphatic heterocycles. The highest BCUT2D eigenvalue weighted by Gasteiger charge is 2.14. The third-order valence-electron chi connectivity index (χ3n) is 4.67. The Hall–Kier alpha value is -1.40. The van der Waals surface area contributed by atoms with Gasteiger partial charge in [-0.05, 0) is 56.9 Å². The molecule has 1 heterocycles. The minimum atomic E-state index is -0.374. The lowest BCUT2D eigenvalue weighted by Gasteiger charge is -2.30. The maximum absolute atomic E-state index is 13.9. The molecule has 2 rings (SSSR count). The van der Waals surface area contributed by atoms with Crippen molar-refractivity contribution < 1.29 is 4.39 Å². The van der Waals surface area contributed by atoms with Crippen LogP contribution in [0.15, 0.2) is 23.2 Å². The molecule has 0 amide bonds. The van der Waals surface area contributed by atoms with E-state index in [1.807, 2.05) is 6.07 Å². The molecule has 1 aliphatic rings. The van der Waals surface area contributed by atoms with E-state index in [1.165, 1.54) is 32.0 Å². The van der Waals surface area contributed by atoms with Gasteiger partial charge in [0.2, 0.25) is 0 Å². The summed E-state index contributed by atoms with van der Waals surface area (Å²) < 4.78 is 13.9. The van der Waals surface area contributed by atoms with Gasteiger partial charge in [-0.15, -0.1) is 24.0 Å². The second-order valence-electron chi connectivity index (χ2n) is 6.65. The monoisotopic (exact) mass is 473 g/mol. The van der Waals surface area contributed by atoms with Gasteiger partial charge in [0.1, 0.15) is 5.82 Å². The summed E-state index contributed by atoms with van der Waals surface area (Å²) in [5, 5.41) is 15.1. The number of likely N-dealkylation sites (tertiary alicyclic amines) is 1. The Bertz CT molecular complexity index is 621. The first-order chi connectivity index (χ1) is 12.1. The first-order valence-corrected chi connectivity index (χ1v) is 8.97. The molecule has 0 aliphatic carbocycles. The lowest BCUT2D eigenvalue weighted by molar-refractivity contribution is 0.191. The third-order valence-corrected chi connectivity index (χ3v) is 4.67. The van der Waals surface area contributed by atoms with E-state index < -0.39 is 0 Å². The van der Waals surface area contributed by atoms with Crippen molar-refractivity contribution in [2.24, 2.45) is 10.9 Å². The molecule has 26 heavy (non-hydrogen) atoms. The van der Waals surface area contributed by atoms with Gasteiger partial charge in [0.05, 0.1) is 11.6 Å². The molecule has 1 saturated heterocycles. The van der Waals surface area contributed by atoms with E-state index in [1.54, 1.807) is 19.2 Å². The second-order valence-corrected chi connectivity index (χ2v) is 6.65. The van der Waals surface area contributed by atoms with Crippen LogP contribution >= 0.6 is 24.0 Å². The third kappa shape index (κ3) is 7.46. The number of halogens is 2. The highest BCUT2D eigenvalue weighted by atomic mass is 127. The number of rotatable bonds is 6. The fourth-order valence-electron chi connectivity index (χ4n) is 2.95. The Morgan fingerprint density at radius 3 is 2.69 bits per heavy atom. The maximum Gasteiger partial charge on any atom is 0.191 e. The van der Waals surface area contributed by atoms with Gasteiger partial charge in [-0.1, -0.05) is 13.0 Å². The van der Waals surface area contributed by atoms with Gasteiger partial charge >= 0.3 is 0 Å². The van der Waals surface area contributed by atoms with Crippen LogP contribution in [0, 0.1) is 23.1 Å². The molecule has 0 bridgehead atoms. The smallest absolute Gasteiger partial charge is 0.191 e. The Balaban J connectivity index is 0.00000338. The summed E-state index contributed by atoms with van der Waals surface area (Å²) in [5.74, 6) is 1.15. The topological polar surface area (TPSA) is 63.5 Å². The molecule has 0 atom stereocenters. The number of benzene rings is 1. The number of guanidine groups is 1. The lowest BCUT2D eigenvalue weighted by atomic mass is 9.99. The number of hydrogen-bond acceptors (Lipinski definition) is 3. The zero-order chi connectivity index (χ0) is 18.1. The van der Waals surface area contributed by atoms with Crippen LogP contribution in [0.3, 0.4) is 0 Å². The molecule has 1 aromatic carbocycles. The Kier molecular flexibility index (Phi) is 10.5. The van der Waals surface area contributed by atoms with Gasteiger partial charge in [0.25, 0.3) is 0 Å². The highest BCUT2D eigenvalue weighted by Crippen LogP contribution is 2.15. The van der Waals surface area contributed by atoms with E-state index in [2.05, 4.69) is 27.4 Å². The van der Waals surface area contributed by atoms with Crippen LogP contribution in [0.4, 0.5) is 4.39 Å². The summed E-state index contributed by atoms with van der Waals surface area (Å²) in [5.41, 5.74) is 0.847. The summed E-state index contributed by atoms with van der Waals surface area (Å²) in [6, 6.07) is 6.44. The zero-order valence-electron chi connectivity index (χ0n) is 15.6. The SMILES string of the molecule is CN=C(NCCCN1CCC(C)CC1)NCc1ccc(C#N)cc1F.I. The van der Waals surface area contributed by atoms with Crippen LogP contribution in [0.5, 0.6) is 0 Å². The number of nitrogens with one attached hydrogen (secondary N) is 2. The minimum absolute atomic E-state index is 0. The molecule has 1 aromatic rings. The van der Waals surface area contributed by atoms with Gasteiger partial charge in [0, 0.05) is 25.7 Å². The Morgan fingerprint density at radius 1 is 1.35 bits per heavy atom. The van der Waals surface area contributed by atoms with Crippen LogP contribution in [0.2, 0.25) is 0 Å². The molecule has 1 fully saturated rings. The number of nitriles is 1. The largest absolute Gasteiger partial charge is 0.356 e. The van der Waals surface area contributed by atoms with Crippen molar-refractivity contribution in [3.05, 3.63) is 35.1 Å². The van der Waals surface area contributed by atoms with E-state index in [0.717, 1.165) is 25.4 Å². The molecule has 0 radical (unpaired) electrons. The molecule has 7 heteroatoms. The molecular formula is C19H29FIN5. The standard InChI is InChI=1S/C19H28FN5.HI/c1-15-6-10-25(11-7-15)9-3-8-23-19(22-2)24-14-17-5-4-16(13-21)12-18(17)20;/h4-5,12,15H,3,6-11,14H2,1-2H3,(H2,22,23,24);1H. The number of piperidine rings is 1. The molecular weight excluding hydrogens is 444 g/mol. The summed E-state index contributed by atoms with van der Waals surface area (Å²) in [6.45, 7) is 6.99. The number of nitrogens with zero attached hydrogens (tertiary/aromatic N) is 3. The second kappa shape index (κ2) is 12.1. The van der Waals surface area contributed by atoms with Crippen LogP contribution in [-0.2, 0) is 6.54 Å². The quantitative estimate of drug-likeness (QED) is 0.289. The van der Waals surface area contributed by atoms with Crippen LogP contribution in [0.1, 0.15) is 37.3 Å². The van der Waals surface area contributed by atoms with Gasteiger partial charge < -0.3 is 15.5 Å². The number of aliphatic imine (C=N–C) groups is 1. The summed E-state index contributed by atoms with van der Waals surface area (Å²) in [4.78, 5) is 6.68. The predicted octanol–water partition coefficient (Wildman–Crippen LogP) is 3.10. The molecule has 0 unspecified atom stereocenters. The fourth-order valence-corrected chi connectivity index (χ4v) is 2.95. The van der Waals surface area contributed by atoms with Crippen molar-refractivity contribution in [2.75, 3.05) is 33.2 Å². The van der Waals surface area contributed by atoms with Crippen molar-refractivity contribution in [2.45, 2.75) is 32.7 Å². The summed E-state index contributed by atoms with van der Waals surface area (Å²) in [6.07, 6.45) is 3.65. The highest BCUT2D eigenvalue weighted by molar-refractivity contribution is 14.0. The van der Waals surface area contributed by atoms with E-state index in [9.17, 15) is 4.39 Å². The Labute approximate surface area is 173 Å². The van der Waals surface area contributed by atoms with E-state index in [-0.39, 0.29) is 29.8 Å². The minimum Gasteiger partial charge on any atom is -0.356 e. The fraction of sp³-hybridized carbons (Fsp3) is 0.579. The van der Waals surface area contributed by atoms with Gasteiger partial charge in [-0.3, -0.25) is 4.99 Å². The van der Waals surface area contributed by atoms with Gasteiger partial charge in [-0.2, -0.15) is 5.26 Å².